The molecule has 0 spiro atoms. The first-order valence-corrected chi connectivity index (χ1v) is 9.64. The Balaban J connectivity index is 1.43. The number of hydrogen-bond acceptors (Lipinski definition) is 5. The number of aromatic nitrogens is 2. The monoisotopic (exact) mass is 385 g/mol. The maximum atomic E-state index is 13.0. The summed E-state index contributed by atoms with van der Waals surface area (Å²) in [4.78, 5) is 12.1. The molecule has 3 aromatic rings. The zero-order chi connectivity index (χ0) is 19.1. The first kappa shape index (κ1) is 19.1. The molecule has 0 aliphatic heterocycles. The Hall–Kier alpha value is -2.67. The molecule has 1 heterocycles. The molecule has 0 saturated heterocycles. The number of amides is 1. The first-order chi connectivity index (χ1) is 13.1. The number of benzene rings is 2. The number of thioether (sulfide) groups is 1. The van der Waals surface area contributed by atoms with Crippen LogP contribution in [0.25, 0.3) is 11.5 Å². The smallest absolute Gasteiger partial charge is 0.277 e. The molecule has 2 aromatic carbocycles. The number of nitrogens with one attached hydrogen (secondary N) is 1. The molecule has 0 bridgehead atoms. The van der Waals surface area contributed by atoms with Gasteiger partial charge in [-0.05, 0) is 49.6 Å². The van der Waals surface area contributed by atoms with Gasteiger partial charge in [0.15, 0.2) is 0 Å². The SMILES string of the molecule is CC(CCc1ccccc1)NC(=O)CSc1nnc(-c2ccc(F)cc2)o1. The van der Waals surface area contributed by atoms with E-state index in [2.05, 4.69) is 27.6 Å². The fourth-order valence-electron chi connectivity index (χ4n) is 2.52. The van der Waals surface area contributed by atoms with E-state index in [1.165, 1.54) is 29.5 Å². The summed E-state index contributed by atoms with van der Waals surface area (Å²) in [7, 11) is 0. The van der Waals surface area contributed by atoms with Crippen molar-refractivity contribution in [1.29, 1.82) is 0 Å². The summed E-state index contributed by atoms with van der Waals surface area (Å²) in [6, 6.07) is 16.1. The molecule has 140 valence electrons. The van der Waals surface area contributed by atoms with Crippen LogP contribution in [0.15, 0.2) is 64.2 Å². The molecule has 7 heteroatoms. The third kappa shape index (κ3) is 5.92. The maximum Gasteiger partial charge on any atom is 0.277 e. The second kappa shape index (κ2) is 9.32. The number of nitrogens with zero attached hydrogens (tertiary/aromatic N) is 2. The van der Waals surface area contributed by atoms with E-state index >= 15 is 0 Å². The fourth-order valence-corrected chi connectivity index (χ4v) is 3.10. The molecule has 1 atom stereocenters. The minimum Gasteiger partial charge on any atom is -0.411 e. The van der Waals surface area contributed by atoms with Gasteiger partial charge in [0, 0.05) is 11.6 Å². The molecule has 1 aromatic heterocycles. The van der Waals surface area contributed by atoms with Gasteiger partial charge < -0.3 is 9.73 Å². The zero-order valence-electron chi connectivity index (χ0n) is 14.9. The second-order valence-corrected chi connectivity index (χ2v) is 7.09. The zero-order valence-corrected chi connectivity index (χ0v) is 15.7. The number of carbonyl (C=O) groups excluding carboxylic acids is 1. The molecule has 0 radical (unpaired) electrons. The fraction of sp³-hybridized carbons (Fsp3) is 0.250. The second-order valence-electron chi connectivity index (χ2n) is 6.16. The molecule has 0 aliphatic carbocycles. The quantitative estimate of drug-likeness (QED) is 0.591. The highest BCUT2D eigenvalue weighted by Crippen LogP contribution is 2.23. The molecule has 1 unspecified atom stereocenters. The van der Waals surface area contributed by atoms with Crippen molar-refractivity contribution in [2.75, 3.05) is 5.75 Å². The molecule has 0 fully saturated rings. The summed E-state index contributed by atoms with van der Waals surface area (Å²) in [5.74, 6) is 0.0860. The van der Waals surface area contributed by atoms with Crippen LogP contribution < -0.4 is 5.32 Å². The molecule has 0 saturated carbocycles. The van der Waals surface area contributed by atoms with Gasteiger partial charge in [0.2, 0.25) is 11.8 Å². The number of aryl methyl sites for hydroxylation is 1. The molecular formula is C20H20FN3O2S. The van der Waals surface area contributed by atoms with Crippen LogP contribution in [0.1, 0.15) is 18.9 Å². The Morgan fingerprint density at radius 2 is 1.89 bits per heavy atom. The first-order valence-electron chi connectivity index (χ1n) is 8.65. The molecule has 3 rings (SSSR count). The van der Waals surface area contributed by atoms with Gasteiger partial charge >= 0.3 is 0 Å². The lowest BCUT2D eigenvalue weighted by Crippen LogP contribution is -2.34. The molecule has 5 nitrogen and oxygen atoms in total. The van der Waals surface area contributed by atoms with Crippen LogP contribution in [-0.2, 0) is 11.2 Å². The molecule has 1 amide bonds. The Bertz CT molecular complexity index is 868. The Labute approximate surface area is 161 Å². The Morgan fingerprint density at radius 1 is 1.15 bits per heavy atom. The van der Waals surface area contributed by atoms with Gasteiger partial charge in [-0.2, -0.15) is 0 Å². The predicted octanol–water partition coefficient (Wildman–Crippen LogP) is 4.11. The average molecular weight is 385 g/mol. The van der Waals surface area contributed by atoms with E-state index in [1.807, 2.05) is 25.1 Å². The van der Waals surface area contributed by atoms with Crippen molar-refractivity contribution in [2.24, 2.45) is 0 Å². The van der Waals surface area contributed by atoms with Gasteiger partial charge in [0.25, 0.3) is 5.22 Å². The van der Waals surface area contributed by atoms with Gasteiger partial charge in [0.05, 0.1) is 5.75 Å². The van der Waals surface area contributed by atoms with Crippen molar-refractivity contribution in [3.63, 3.8) is 0 Å². The lowest BCUT2D eigenvalue weighted by atomic mass is 10.1. The lowest BCUT2D eigenvalue weighted by Gasteiger charge is -2.13. The highest BCUT2D eigenvalue weighted by atomic mass is 32.2. The van der Waals surface area contributed by atoms with Crippen LogP contribution in [-0.4, -0.2) is 27.9 Å². The van der Waals surface area contributed by atoms with Crippen molar-refractivity contribution < 1.29 is 13.6 Å². The van der Waals surface area contributed by atoms with E-state index in [9.17, 15) is 9.18 Å². The minimum absolute atomic E-state index is 0.0794. The predicted molar refractivity (Wildman–Crippen MR) is 103 cm³/mol. The molecular weight excluding hydrogens is 365 g/mol. The summed E-state index contributed by atoms with van der Waals surface area (Å²) >= 11 is 1.18. The Kier molecular flexibility index (Phi) is 6.59. The van der Waals surface area contributed by atoms with E-state index < -0.39 is 0 Å². The van der Waals surface area contributed by atoms with Crippen LogP contribution in [0, 0.1) is 5.82 Å². The van der Waals surface area contributed by atoms with Crippen LogP contribution in [0.3, 0.4) is 0 Å². The van der Waals surface area contributed by atoms with Crippen LogP contribution in [0.5, 0.6) is 0 Å². The molecule has 0 aliphatic rings. The van der Waals surface area contributed by atoms with Gasteiger partial charge in [-0.15, -0.1) is 10.2 Å². The third-order valence-electron chi connectivity index (χ3n) is 3.94. The van der Waals surface area contributed by atoms with Crippen molar-refractivity contribution in [2.45, 2.75) is 31.0 Å². The largest absolute Gasteiger partial charge is 0.411 e. The molecule has 27 heavy (non-hydrogen) atoms. The summed E-state index contributed by atoms with van der Waals surface area (Å²) in [6.07, 6.45) is 1.79. The van der Waals surface area contributed by atoms with E-state index in [1.54, 1.807) is 12.1 Å². The maximum absolute atomic E-state index is 13.0. The van der Waals surface area contributed by atoms with Crippen molar-refractivity contribution in [3.8, 4) is 11.5 Å². The summed E-state index contributed by atoms with van der Waals surface area (Å²) in [5, 5.41) is 11.1. The van der Waals surface area contributed by atoms with E-state index in [4.69, 9.17) is 4.42 Å². The van der Waals surface area contributed by atoms with Gasteiger partial charge in [0.1, 0.15) is 5.82 Å². The highest BCUT2D eigenvalue weighted by molar-refractivity contribution is 7.99. The number of hydrogen-bond donors (Lipinski definition) is 1. The Morgan fingerprint density at radius 3 is 2.63 bits per heavy atom. The van der Waals surface area contributed by atoms with Gasteiger partial charge in [-0.1, -0.05) is 42.1 Å². The van der Waals surface area contributed by atoms with Crippen molar-refractivity contribution in [3.05, 3.63) is 66.0 Å². The van der Waals surface area contributed by atoms with Gasteiger partial charge in [-0.3, -0.25) is 4.79 Å². The van der Waals surface area contributed by atoms with Crippen molar-refractivity contribution >= 4 is 17.7 Å². The number of halogens is 1. The van der Waals surface area contributed by atoms with Crippen LogP contribution >= 0.6 is 11.8 Å². The summed E-state index contributed by atoms with van der Waals surface area (Å²) < 4.78 is 18.5. The van der Waals surface area contributed by atoms with E-state index in [0.29, 0.717) is 16.7 Å². The number of carbonyl (C=O) groups is 1. The average Bonchev–Trinajstić information content (AvgIpc) is 3.15. The summed E-state index contributed by atoms with van der Waals surface area (Å²) in [6.45, 7) is 1.99. The topological polar surface area (TPSA) is 68.0 Å². The number of rotatable bonds is 8. The normalized spacial score (nSPS) is 11.9. The standard InChI is InChI=1S/C20H20FN3O2S/c1-14(7-8-15-5-3-2-4-6-15)22-18(25)13-27-20-24-23-19(26-20)16-9-11-17(21)12-10-16/h2-6,9-12,14H,7-8,13H2,1H3,(H,22,25). The van der Waals surface area contributed by atoms with Crippen LogP contribution in [0.2, 0.25) is 0 Å². The van der Waals surface area contributed by atoms with Crippen LogP contribution in [0.4, 0.5) is 4.39 Å². The van der Waals surface area contributed by atoms with Gasteiger partial charge in [-0.25, -0.2) is 4.39 Å². The minimum atomic E-state index is -0.328. The summed E-state index contributed by atoms with van der Waals surface area (Å²) in [5.41, 5.74) is 1.89. The lowest BCUT2D eigenvalue weighted by molar-refractivity contribution is -0.119. The van der Waals surface area contributed by atoms with E-state index in [0.717, 1.165) is 12.8 Å². The van der Waals surface area contributed by atoms with Crippen molar-refractivity contribution in [1.82, 2.24) is 15.5 Å². The van der Waals surface area contributed by atoms with E-state index in [-0.39, 0.29) is 23.5 Å². The molecule has 1 N–H and O–H groups in total. The highest BCUT2D eigenvalue weighted by Gasteiger charge is 2.13. The third-order valence-corrected chi connectivity index (χ3v) is 4.76.